The first kappa shape index (κ1) is 25.1. The third kappa shape index (κ3) is 5.63. The van der Waals surface area contributed by atoms with Crippen LogP contribution in [0.4, 0.5) is 10.5 Å². The van der Waals surface area contributed by atoms with Crippen molar-refractivity contribution in [3.05, 3.63) is 78.1 Å². The van der Waals surface area contributed by atoms with Crippen LogP contribution in [0.2, 0.25) is 0 Å². The van der Waals surface area contributed by atoms with Gasteiger partial charge in [0.05, 0.1) is 26.9 Å². The lowest BCUT2D eigenvalue weighted by Gasteiger charge is -2.38. The van der Waals surface area contributed by atoms with Crippen LogP contribution in [-0.4, -0.2) is 73.9 Å². The van der Waals surface area contributed by atoms with Gasteiger partial charge in [-0.25, -0.2) is 4.79 Å². The number of nitrogens with zero attached hydrogens (tertiary/aromatic N) is 3. The Labute approximate surface area is 211 Å². The van der Waals surface area contributed by atoms with Gasteiger partial charge < -0.3 is 33.9 Å². The minimum atomic E-state index is -0.410. The van der Waals surface area contributed by atoms with Gasteiger partial charge in [-0.3, -0.25) is 4.79 Å². The van der Waals surface area contributed by atoms with Crippen LogP contribution >= 0.6 is 0 Å². The fraction of sp³-hybridized carbons (Fsp3) is 0.333. The van der Waals surface area contributed by atoms with Crippen molar-refractivity contribution in [2.75, 3.05) is 52.9 Å². The molecule has 0 fully saturated rings. The average molecular weight is 493 g/mol. The average Bonchev–Trinajstić information content (AvgIpc) is 3.39. The molecular formula is C27H32N4O5. The summed E-state index contributed by atoms with van der Waals surface area (Å²) in [7, 11) is 4.65. The minimum absolute atomic E-state index is 0.0830. The number of carbonyl (C=O) groups is 2. The van der Waals surface area contributed by atoms with E-state index in [0.29, 0.717) is 36.9 Å². The standard InChI is InChI=1S/C27H32N4O5/c1-34-15-14-30(27(33)28-21-16-22(35-2)18-23(17-21)36-3)19-25(32)31-13-12-29-11-7-10-24(29)26(31)20-8-5-4-6-9-20/h4-11,16-18,26H,12-15,19H2,1-3H3,(H,28,33). The first-order valence-electron chi connectivity index (χ1n) is 11.8. The Morgan fingerprint density at radius 3 is 2.36 bits per heavy atom. The highest BCUT2D eigenvalue weighted by Gasteiger charge is 2.33. The molecule has 1 aromatic heterocycles. The van der Waals surface area contributed by atoms with E-state index >= 15 is 0 Å². The number of rotatable bonds is 9. The van der Waals surface area contributed by atoms with E-state index in [9.17, 15) is 9.59 Å². The van der Waals surface area contributed by atoms with Crippen molar-refractivity contribution in [2.24, 2.45) is 0 Å². The van der Waals surface area contributed by atoms with Crippen molar-refractivity contribution in [1.29, 1.82) is 0 Å². The Morgan fingerprint density at radius 2 is 1.69 bits per heavy atom. The molecule has 3 aromatic rings. The fourth-order valence-corrected chi connectivity index (χ4v) is 4.43. The summed E-state index contributed by atoms with van der Waals surface area (Å²) in [6, 6.07) is 18.5. The molecule has 190 valence electrons. The molecule has 0 bridgehead atoms. The predicted octanol–water partition coefficient (Wildman–Crippen LogP) is 3.62. The number of hydrogen-bond acceptors (Lipinski definition) is 5. The van der Waals surface area contributed by atoms with Gasteiger partial charge >= 0.3 is 6.03 Å². The number of benzene rings is 2. The van der Waals surface area contributed by atoms with E-state index in [1.807, 2.05) is 53.6 Å². The molecule has 36 heavy (non-hydrogen) atoms. The molecule has 3 amide bonds. The Balaban J connectivity index is 1.55. The molecule has 1 atom stereocenters. The molecule has 0 spiro atoms. The summed E-state index contributed by atoms with van der Waals surface area (Å²) in [4.78, 5) is 30.2. The summed E-state index contributed by atoms with van der Waals surface area (Å²) in [6.07, 6.45) is 2.04. The van der Waals surface area contributed by atoms with Gasteiger partial charge in [0.2, 0.25) is 5.91 Å². The molecule has 1 N–H and O–H groups in total. The van der Waals surface area contributed by atoms with Gasteiger partial charge in [0.1, 0.15) is 18.0 Å². The van der Waals surface area contributed by atoms with E-state index < -0.39 is 6.03 Å². The van der Waals surface area contributed by atoms with Gasteiger partial charge in [-0.05, 0) is 17.7 Å². The number of aromatic nitrogens is 1. The van der Waals surface area contributed by atoms with Crippen LogP contribution in [0.15, 0.2) is 66.9 Å². The number of anilines is 1. The molecule has 2 aromatic carbocycles. The maximum atomic E-state index is 13.7. The second-order valence-corrected chi connectivity index (χ2v) is 8.47. The van der Waals surface area contributed by atoms with E-state index in [4.69, 9.17) is 14.2 Å². The zero-order chi connectivity index (χ0) is 25.5. The highest BCUT2D eigenvalue weighted by atomic mass is 16.5. The van der Waals surface area contributed by atoms with Crippen LogP contribution in [0, 0.1) is 0 Å². The topological polar surface area (TPSA) is 85.3 Å². The molecule has 0 aliphatic carbocycles. The summed E-state index contributed by atoms with van der Waals surface area (Å²) in [5.41, 5.74) is 2.59. The lowest BCUT2D eigenvalue weighted by Crippen LogP contribution is -2.49. The molecular weight excluding hydrogens is 460 g/mol. The number of amides is 3. The monoisotopic (exact) mass is 492 g/mol. The summed E-state index contributed by atoms with van der Waals surface area (Å²) < 4.78 is 18.0. The number of nitrogens with one attached hydrogen (secondary N) is 1. The Hall–Kier alpha value is -3.98. The lowest BCUT2D eigenvalue weighted by atomic mass is 10.00. The van der Waals surface area contributed by atoms with Crippen LogP contribution in [-0.2, 0) is 16.1 Å². The molecule has 1 aliphatic heterocycles. The Morgan fingerprint density at radius 1 is 0.972 bits per heavy atom. The smallest absolute Gasteiger partial charge is 0.322 e. The van der Waals surface area contributed by atoms with Gasteiger partial charge in [-0.1, -0.05) is 30.3 Å². The van der Waals surface area contributed by atoms with Crippen molar-refractivity contribution < 1.29 is 23.8 Å². The molecule has 4 rings (SSSR count). The van der Waals surface area contributed by atoms with Crippen molar-refractivity contribution in [3.8, 4) is 11.5 Å². The third-order valence-electron chi connectivity index (χ3n) is 6.26. The molecule has 9 heteroatoms. The van der Waals surface area contributed by atoms with Crippen molar-refractivity contribution in [2.45, 2.75) is 12.6 Å². The molecule has 0 saturated carbocycles. The fourth-order valence-electron chi connectivity index (χ4n) is 4.43. The van der Waals surface area contributed by atoms with Crippen LogP contribution in [0.3, 0.4) is 0 Å². The summed E-state index contributed by atoms with van der Waals surface area (Å²) in [5.74, 6) is 0.961. The third-order valence-corrected chi connectivity index (χ3v) is 6.26. The number of urea groups is 1. The Bertz CT molecular complexity index is 1160. The quantitative estimate of drug-likeness (QED) is 0.493. The highest BCUT2D eigenvalue weighted by molar-refractivity contribution is 5.93. The van der Waals surface area contributed by atoms with Gasteiger partial charge in [-0.15, -0.1) is 0 Å². The predicted molar refractivity (Wildman–Crippen MR) is 136 cm³/mol. The van der Waals surface area contributed by atoms with Crippen LogP contribution < -0.4 is 14.8 Å². The first-order chi connectivity index (χ1) is 17.5. The largest absolute Gasteiger partial charge is 0.497 e. The minimum Gasteiger partial charge on any atom is -0.497 e. The van der Waals surface area contributed by atoms with Crippen molar-refractivity contribution in [3.63, 3.8) is 0 Å². The van der Waals surface area contributed by atoms with E-state index in [2.05, 4.69) is 9.88 Å². The molecule has 1 unspecified atom stereocenters. The molecule has 9 nitrogen and oxygen atoms in total. The van der Waals surface area contributed by atoms with Crippen LogP contribution in [0.5, 0.6) is 11.5 Å². The number of ether oxygens (including phenoxy) is 3. The van der Waals surface area contributed by atoms with Gasteiger partial charge in [-0.2, -0.15) is 0 Å². The van der Waals surface area contributed by atoms with Crippen molar-refractivity contribution in [1.82, 2.24) is 14.4 Å². The zero-order valence-corrected chi connectivity index (χ0v) is 20.8. The Kier molecular flexibility index (Phi) is 8.12. The highest BCUT2D eigenvalue weighted by Crippen LogP contribution is 2.32. The number of carbonyl (C=O) groups excluding carboxylic acids is 2. The molecule has 0 radical (unpaired) electrons. The second kappa shape index (κ2) is 11.6. The zero-order valence-electron chi connectivity index (χ0n) is 20.8. The SMILES string of the molecule is COCCN(CC(=O)N1CCn2cccc2C1c1ccccc1)C(=O)Nc1cc(OC)cc(OC)c1. The number of fused-ring (bicyclic) bond motifs is 1. The first-order valence-corrected chi connectivity index (χ1v) is 11.8. The normalized spacial score (nSPS) is 14.6. The van der Waals surface area contributed by atoms with Crippen molar-refractivity contribution >= 4 is 17.6 Å². The van der Waals surface area contributed by atoms with E-state index in [-0.39, 0.29) is 25.0 Å². The van der Waals surface area contributed by atoms with E-state index in [1.54, 1.807) is 39.5 Å². The number of hydrogen-bond donors (Lipinski definition) is 1. The lowest BCUT2D eigenvalue weighted by molar-refractivity contribution is -0.134. The molecule has 1 aliphatic rings. The van der Waals surface area contributed by atoms with Crippen LogP contribution in [0.25, 0.3) is 0 Å². The number of methoxy groups -OCH3 is 3. The van der Waals surface area contributed by atoms with E-state index in [0.717, 1.165) is 11.3 Å². The van der Waals surface area contributed by atoms with E-state index in [1.165, 1.54) is 4.90 Å². The molecule has 0 saturated heterocycles. The van der Waals surface area contributed by atoms with Crippen LogP contribution in [0.1, 0.15) is 17.3 Å². The van der Waals surface area contributed by atoms with Gasteiger partial charge in [0, 0.05) is 62.5 Å². The second-order valence-electron chi connectivity index (χ2n) is 8.47. The summed E-state index contributed by atoms with van der Waals surface area (Å²) in [5, 5.41) is 2.86. The molecule has 2 heterocycles. The maximum absolute atomic E-state index is 13.7. The summed E-state index contributed by atoms with van der Waals surface area (Å²) >= 11 is 0. The maximum Gasteiger partial charge on any atom is 0.322 e. The van der Waals surface area contributed by atoms with Gasteiger partial charge in [0.25, 0.3) is 0 Å². The van der Waals surface area contributed by atoms with Gasteiger partial charge in [0.15, 0.2) is 0 Å². The summed E-state index contributed by atoms with van der Waals surface area (Å²) in [6.45, 7) is 1.72.